The van der Waals surface area contributed by atoms with Gasteiger partial charge in [0.15, 0.2) is 5.13 Å². The minimum absolute atomic E-state index is 0.176. The number of carbonyl (C=O) groups is 2. The smallest absolute Gasteiger partial charge is 0.249 e. The Morgan fingerprint density at radius 2 is 2.09 bits per heavy atom. The summed E-state index contributed by atoms with van der Waals surface area (Å²) in [4.78, 5) is 28.5. The van der Waals surface area contributed by atoms with E-state index in [1.54, 1.807) is 0 Å². The van der Waals surface area contributed by atoms with Crippen LogP contribution < -0.4 is 10.6 Å². The number of hydrogen-bond acceptors (Lipinski definition) is 4. The van der Waals surface area contributed by atoms with Crippen LogP contribution in [0, 0.1) is 5.92 Å². The van der Waals surface area contributed by atoms with Crippen molar-refractivity contribution < 1.29 is 9.59 Å². The normalized spacial score (nSPS) is 16.4. The largest absolute Gasteiger partial charge is 0.344 e. The maximum absolute atomic E-state index is 12.6. The van der Waals surface area contributed by atoms with Gasteiger partial charge in [-0.3, -0.25) is 9.59 Å². The average molecular weight is 396 g/mol. The first-order valence-electron chi connectivity index (χ1n) is 7.67. The fourth-order valence-electron chi connectivity index (χ4n) is 3.04. The summed E-state index contributed by atoms with van der Waals surface area (Å²) in [5, 5.41) is 6.24. The highest BCUT2D eigenvalue weighted by Crippen LogP contribution is 2.31. The molecule has 2 N–H and O–H groups in total. The molecule has 2 aromatic rings. The monoisotopic (exact) mass is 395 g/mol. The third-order valence-corrected chi connectivity index (χ3v) is 5.52. The van der Waals surface area contributed by atoms with E-state index < -0.39 is 6.04 Å². The number of nitrogens with zero attached hydrogens (tertiary/aromatic N) is 1. The van der Waals surface area contributed by atoms with Crippen LogP contribution in [0.3, 0.4) is 0 Å². The zero-order chi connectivity index (χ0) is 16.4. The first-order chi connectivity index (χ1) is 11.0. The molecule has 5 nitrogen and oxygen atoms in total. The zero-order valence-electron chi connectivity index (χ0n) is 12.8. The molecule has 1 aromatic carbocycles. The Labute approximate surface area is 147 Å². The Kier molecular flexibility index (Phi) is 4.96. The fraction of sp³-hybridized carbons (Fsp3) is 0.438. The number of fused-ring (bicyclic) bond motifs is 1. The third-order valence-electron chi connectivity index (χ3n) is 4.09. The molecule has 1 atom stereocenters. The first-order valence-corrected chi connectivity index (χ1v) is 9.28. The fourth-order valence-corrected chi connectivity index (χ4v) is 4.46. The van der Waals surface area contributed by atoms with Gasteiger partial charge in [0.1, 0.15) is 6.04 Å². The number of hydrogen-bond donors (Lipinski definition) is 2. The van der Waals surface area contributed by atoms with E-state index in [4.69, 9.17) is 0 Å². The van der Waals surface area contributed by atoms with Crippen molar-refractivity contribution in [3.05, 3.63) is 22.7 Å². The van der Waals surface area contributed by atoms with Crippen LogP contribution in [0.15, 0.2) is 22.7 Å². The van der Waals surface area contributed by atoms with E-state index in [9.17, 15) is 9.59 Å². The van der Waals surface area contributed by atoms with Crippen molar-refractivity contribution in [1.82, 2.24) is 10.3 Å². The van der Waals surface area contributed by atoms with Crippen molar-refractivity contribution in [3.63, 3.8) is 0 Å². The van der Waals surface area contributed by atoms with Crippen LogP contribution in [-0.2, 0) is 9.59 Å². The quantitative estimate of drug-likeness (QED) is 0.828. The Balaban J connectivity index is 1.77. The highest BCUT2D eigenvalue weighted by Gasteiger charge is 2.31. The van der Waals surface area contributed by atoms with Gasteiger partial charge < -0.3 is 10.6 Å². The van der Waals surface area contributed by atoms with Crippen molar-refractivity contribution >= 4 is 54.4 Å². The molecule has 1 aliphatic rings. The summed E-state index contributed by atoms with van der Waals surface area (Å²) in [6.07, 6.45) is 4.18. The number of aromatic nitrogens is 1. The van der Waals surface area contributed by atoms with Gasteiger partial charge in [-0.05, 0) is 37.0 Å². The second-order valence-electron chi connectivity index (χ2n) is 5.84. The van der Waals surface area contributed by atoms with E-state index >= 15 is 0 Å². The number of halogens is 1. The molecule has 0 aliphatic heterocycles. The molecule has 1 aliphatic carbocycles. The first kappa shape index (κ1) is 16.4. The second-order valence-corrected chi connectivity index (χ2v) is 7.79. The predicted molar refractivity (Wildman–Crippen MR) is 95.5 cm³/mol. The molecule has 0 radical (unpaired) electrons. The lowest BCUT2D eigenvalue weighted by molar-refractivity contribution is -0.126. The minimum atomic E-state index is -0.478. The molecule has 2 amide bonds. The number of anilines is 1. The van der Waals surface area contributed by atoms with Crippen LogP contribution in [0.5, 0.6) is 0 Å². The van der Waals surface area contributed by atoms with Gasteiger partial charge in [-0.25, -0.2) is 4.98 Å². The lowest BCUT2D eigenvalue weighted by Crippen LogP contribution is -2.47. The zero-order valence-corrected chi connectivity index (χ0v) is 15.2. The summed E-state index contributed by atoms with van der Waals surface area (Å²) in [6.45, 7) is 1.45. The molecule has 3 rings (SSSR count). The summed E-state index contributed by atoms with van der Waals surface area (Å²) in [7, 11) is 0. The highest BCUT2D eigenvalue weighted by molar-refractivity contribution is 9.10. The van der Waals surface area contributed by atoms with Crippen molar-refractivity contribution in [3.8, 4) is 0 Å². The highest BCUT2D eigenvalue weighted by atomic mass is 79.9. The molecule has 23 heavy (non-hydrogen) atoms. The van der Waals surface area contributed by atoms with Crippen molar-refractivity contribution in [2.75, 3.05) is 5.32 Å². The third kappa shape index (κ3) is 3.90. The number of benzene rings is 1. The van der Waals surface area contributed by atoms with Gasteiger partial charge in [0.2, 0.25) is 11.8 Å². The average Bonchev–Trinajstić information content (AvgIpc) is 3.12. The van der Waals surface area contributed by atoms with E-state index in [0.717, 1.165) is 40.4 Å². The molecule has 0 unspecified atom stereocenters. The van der Waals surface area contributed by atoms with Gasteiger partial charge >= 0.3 is 0 Å². The topological polar surface area (TPSA) is 71.1 Å². The van der Waals surface area contributed by atoms with Gasteiger partial charge in [0.25, 0.3) is 0 Å². The standard InChI is InChI=1S/C16H18BrN3O2S/c1-9(21)18-14(10-4-2-3-5-10)15(22)20-16-19-12-7-6-11(17)8-13(12)23-16/h6-8,10,14H,2-5H2,1H3,(H,18,21)(H,19,20,22)/t14-/m1/s1. The number of carbonyl (C=O) groups excluding carboxylic acids is 2. The number of rotatable bonds is 4. The molecule has 0 bridgehead atoms. The van der Waals surface area contributed by atoms with E-state index in [-0.39, 0.29) is 17.7 Å². The maximum atomic E-state index is 12.6. The Hall–Kier alpha value is -1.47. The van der Waals surface area contributed by atoms with Crippen LogP contribution >= 0.6 is 27.3 Å². The summed E-state index contributed by atoms with van der Waals surface area (Å²) in [5.41, 5.74) is 0.852. The van der Waals surface area contributed by atoms with Crippen LogP contribution in [-0.4, -0.2) is 22.8 Å². The number of nitrogens with one attached hydrogen (secondary N) is 2. The summed E-state index contributed by atoms with van der Waals surface area (Å²) in [6, 6.07) is 5.33. The molecule has 0 saturated heterocycles. The molecule has 1 saturated carbocycles. The number of thiazole rings is 1. The van der Waals surface area contributed by atoms with Crippen molar-refractivity contribution in [2.45, 2.75) is 38.6 Å². The SMILES string of the molecule is CC(=O)N[C@@H](C(=O)Nc1nc2ccc(Br)cc2s1)C1CCCC1. The van der Waals surface area contributed by atoms with Crippen LogP contribution in [0.2, 0.25) is 0 Å². The molecular weight excluding hydrogens is 378 g/mol. The van der Waals surface area contributed by atoms with Crippen molar-refractivity contribution in [2.24, 2.45) is 5.92 Å². The van der Waals surface area contributed by atoms with Gasteiger partial charge in [-0.2, -0.15) is 0 Å². The van der Waals surface area contributed by atoms with Gasteiger partial charge in [-0.1, -0.05) is 40.1 Å². The van der Waals surface area contributed by atoms with E-state index in [0.29, 0.717) is 5.13 Å². The maximum Gasteiger partial charge on any atom is 0.249 e. The van der Waals surface area contributed by atoms with Crippen LogP contribution in [0.25, 0.3) is 10.2 Å². The second kappa shape index (κ2) is 6.97. The molecule has 122 valence electrons. The van der Waals surface area contributed by atoms with Crippen LogP contribution in [0.1, 0.15) is 32.6 Å². The van der Waals surface area contributed by atoms with E-state index in [1.807, 2.05) is 18.2 Å². The Bertz CT molecular complexity index is 740. The molecular formula is C16H18BrN3O2S. The summed E-state index contributed by atoms with van der Waals surface area (Å²) in [5.74, 6) is -0.141. The van der Waals surface area contributed by atoms with Gasteiger partial charge in [0.05, 0.1) is 10.2 Å². The molecule has 0 spiro atoms. The van der Waals surface area contributed by atoms with Gasteiger partial charge in [0, 0.05) is 11.4 Å². The van der Waals surface area contributed by atoms with E-state index in [2.05, 4.69) is 31.5 Å². The molecule has 1 aromatic heterocycles. The van der Waals surface area contributed by atoms with E-state index in [1.165, 1.54) is 18.3 Å². The minimum Gasteiger partial charge on any atom is -0.344 e. The lowest BCUT2D eigenvalue weighted by atomic mass is 9.97. The summed E-state index contributed by atoms with van der Waals surface area (Å²) >= 11 is 4.86. The molecule has 1 heterocycles. The Morgan fingerprint density at radius 3 is 2.78 bits per heavy atom. The predicted octanol–water partition coefficient (Wildman–Crippen LogP) is 3.69. The Morgan fingerprint density at radius 1 is 1.35 bits per heavy atom. The molecule has 7 heteroatoms. The lowest BCUT2D eigenvalue weighted by Gasteiger charge is -2.22. The number of amides is 2. The van der Waals surface area contributed by atoms with Gasteiger partial charge in [-0.15, -0.1) is 0 Å². The molecule has 1 fully saturated rings. The van der Waals surface area contributed by atoms with Crippen LogP contribution in [0.4, 0.5) is 5.13 Å². The van der Waals surface area contributed by atoms with Crippen molar-refractivity contribution in [1.29, 1.82) is 0 Å². The summed E-state index contributed by atoms with van der Waals surface area (Å²) < 4.78 is 1.99.